The monoisotopic (exact) mass is 413 g/mol. The van der Waals surface area contributed by atoms with Crippen LogP contribution in [0.4, 0.5) is 0 Å². The van der Waals surface area contributed by atoms with Crippen LogP contribution >= 0.6 is 0 Å². The molecule has 1 fully saturated rings. The van der Waals surface area contributed by atoms with Gasteiger partial charge in [0.25, 0.3) is 0 Å². The Balaban J connectivity index is 1.23. The number of aromatic nitrogens is 4. The third-order valence-electron chi connectivity index (χ3n) is 6.36. The molecule has 2 atom stereocenters. The summed E-state index contributed by atoms with van der Waals surface area (Å²) in [6.07, 6.45) is 8.05. The third kappa shape index (κ3) is 4.10. The molecule has 0 unspecified atom stereocenters. The number of rotatable bonds is 6. The predicted octanol–water partition coefficient (Wildman–Crippen LogP) is 4.30. The number of likely N-dealkylation sites (tertiary alicyclic amines) is 1. The van der Waals surface area contributed by atoms with Gasteiger partial charge in [-0.15, -0.1) is 0 Å². The molecule has 6 heteroatoms. The Kier molecular flexibility index (Phi) is 5.28. The summed E-state index contributed by atoms with van der Waals surface area (Å²) in [6, 6.07) is 16.9. The van der Waals surface area contributed by atoms with E-state index in [9.17, 15) is 4.79 Å². The highest BCUT2D eigenvalue weighted by Crippen LogP contribution is 2.28. The summed E-state index contributed by atoms with van der Waals surface area (Å²) in [4.78, 5) is 14.9. The smallest absolute Gasteiger partial charge is 0.223 e. The van der Waals surface area contributed by atoms with Gasteiger partial charge in [-0.2, -0.15) is 10.2 Å². The minimum absolute atomic E-state index is 0.258. The van der Waals surface area contributed by atoms with E-state index in [0.29, 0.717) is 12.3 Å². The molecule has 0 radical (unpaired) electrons. The van der Waals surface area contributed by atoms with E-state index in [1.165, 1.54) is 5.56 Å². The topological polar surface area (TPSA) is 66.8 Å². The van der Waals surface area contributed by atoms with Gasteiger partial charge in [0.1, 0.15) is 0 Å². The predicted molar refractivity (Wildman–Crippen MR) is 121 cm³/mol. The molecule has 31 heavy (non-hydrogen) atoms. The molecule has 0 saturated carbocycles. The third-order valence-corrected chi connectivity index (χ3v) is 6.36. The van der Waals surface area contributed by atoms with Gasteiger partial charge in [-0.1, -0.05) is 36.4 Å². The molecule has 0 bridgehead atoms. The summed E-state index contributed by atoms with van der Waals surface area (Å²) in [6.45, 7) is 3.81. The van der Waals surface area contributed by atoms with Gasteiger partial charge < -0.3 is 4.90 Å². The number of aromatic amines is 1. The summed E-state index contributed by atoms with van der Waals surface area (Å²) >= 11 is 0. The van der Waals surface area contributed by atoms with Crippen molar-refractivity contribution < 1.29 is 4.79 Å². The van der Waals surface area contributed by atoms with Crippen molar-refractivity contribution in [3.05, 3.63) is 72.7 Å². The first-order valence-corrected chi connectivity index (χ1v) is 11.0. The lowest BCUT2D eigenvalue weighted by molar-refractivity contribution is -0.131. The molecule has 2 aromatic carbocycles. The standard InChI is InChI=1S/C25H27N5O/c1-18-11-20(16-29(18)25(31)10-7-19-5-3-2-4-6-19)17-30-24-9-8-21(12-22(24)15-28-30)23-13-26-27-14-23/h2-6,8-9,12-15,18,20H,7,10-11,16-17H2,1H3,(H,26,27)/t18-,20-/m1/s1. The number of carbonyl (C=O) groups is 1. The molecule has 6 nitrogen and oxygen atoms in total. The number of H-pyrrole nitrogens is 1. The van der Waals surface area contributed by atoms with Crippen LogP contribution in [-0.4, -0.2) is 43.4 Å². The van der Waals surface area contributed by atoms with Crippen molar-refractivity contribution in [2.24, 2.45) is 5.92 Å². The minimum Gasteiger partial charge on any atom is -0.340 e. The lowest BCUT2D eigenvalue weighted by Crippen LogP contribution is -2.34. The van der Waals surface area contributed by atoms with Crippen molar-refractivity contribution in [1.82, 2.24) is 24.9 Å². The first-order valence-electron chi connectivity index (χ1n) is 11.0. The van der Waals surface area contributed by atoms with Crippen LogP contribution in [0.2, 0.25) is 0 Å². The van der Waals surface area contributed by atoms with E-state index in [1.807, 2.05) is 36.8 Å². The second kappa shape index (κ2) is 8.38. The highest BCUT2D eigenvalue weighted by Gasteiger charge is 2.32. The largest absolute Gasteiger partial charge is 0.340 e. The lowest BCUT2D eigenvalue weighted by atomic mass is 10.1. The maximum Gasteiger partial charge on any atom is 0.223 e. The van der Waals surface area contributed by atoms with Gasteiger partial charge in [0.2, 0.25) is 5.91 Å². The molecule has 0 aliphatic carbocycles. The molecular formula is C25H27N5O. The Morgan fingerprint density at radius 2 is 2.00 bits per heavy atom. The van der Waals surface area contributed by atoms with E-state index < -0.39 is 0 Å². The van der Waals surface area contributed by atoms with Gasteiger partial charge in [-0.25, -0.2) is 0 Å². The van der Waals surface area contributed by atoms with E-state index in [2.05, 4.69) is 62.1 Å². The van der Waals surface area contributed by atoms with Crippen LogP contribution in [0, 0.1) is 5.92 Å². The number of hydrogen-bond acceptors (Lipinski definition) is 3. The first kappa shape index (κ1) is 19.5. The van der Waals surface area contributed by atoms with Gasteiger partial charge in [-0.05, 0) is 48.9 Å². The molecule has 1 aliphatic rings. The maximum absolute atomic E-state index is 12.8. The van der Waals surface area contributed by atoms with Crippen LogP contribution in [0.25, 0.3) is 22.0 Å². The summed E-state index contributed by atoms with van der Waals surface area (Å²) < 4.78 is 2.09. The Hall–Kier alpha value is -3.41. The van der Waals surface area contributed by atoms with Crippen molar-refractivity contribution >= 4 is 16.8 Å². The highest BCUT2D eigenvalue weighted by atomic mass is 16.2. The van der Waals surface area contributed by atoms with Crippen LogP contribution in [0.1, 0.15) is 25.3 Å². The zero-order valence-corrected chi connectivity index (χ0v) is 17.7. The Morgan fingerprint density at radius 1 is 1.13 bits per heavy atom. The van der Waals surface area contributed by atoms with Gasteiger partial charge in [0.15, 0.2) is 0 Å². The van der Waals surface area contributed by atoms with Crippen molar-refractivity contribution in [1.29, 1.82) is 0 Å². The lowest BCUT2D eigenvalue weighted by Gasteiger charge is -2.21. The highest BCUT2D eigenvalue weighted by molar-refractivity contribution is 5.84. The summed E-state index contributed by atoms with van der Waals surface area (Å²) in [7, 11) is 0. The Bertz CT molecular complexity index is 1170. The molecule has 3 heterocycles. The van der Waals surface area contributed by atoms with E-state index in [0.717, 1.165) is 48.0 Å². The second-order valence-electron chi connectivity index (χ2n) is 8.57. The molecule has 1 saturated heterocycles. The van der Waals surface area contributed by atoms with Crippen molar-refractivity contribution in [2.45, 2.75) is 38.8 Å². The summed E-state index contributed by atoms with van der Waals surface area (Å²) in [5, 5.41) is 12.7. The fourth-order valence-electron chi connectivity index (χ4n) is 4.73. The van der Waals surface area contributed by atoms with Crippen LogP contribution in [0.5, 0.6) is 0 Å². The van der Waals surface area contributed by atoms with Gasteiger partial charge in [0, 0.05) is 42.7 Å². The maximum atomic E-state index is 12.8. The van der Waals surface area contributed by atoms with Crippen molar-refractivity contribution in [2.75, 3.05) is 6.54 Å². The molecule has 0 spiro atoms. The Morgan fingerprint density at radius 3 is 2.81 bits per heavy atom. The number of amides is 1. The number of nitrogens with zero attached hydrogens (tertiary/aromatic N) is 4. The van der Waals surface area contributed by atoms with Crippen molar-refractivity contribution in [3.63, 3.8) is 0 Å². The normalized spacial score (nSPS) is 18.7. The molecule has 4 aromatic rings. The second-order valence-corrected chi connectivity index (χ2v) is 8.57. The van der Waals surface area contributed by atoms with Gasteiger partial charge in [-0.3, -0.25) is 14.6 Å². The van der Waals surface area contributed by atoms with Gasteiger partial charge >= 0.3 is 0 Å². The van der Waals surface area contributed by atoms with Crippen LogP contribution in [-0.2, 0) is 17.8 Å². The summed E-state index contributed by atoms with van der Waals surface area (Å²) in [5.74, 6) is 0.682. The van der Waals surface area contributed by atoms with Crippen LogP contribution < -0.4 is 0 Å². The minimum atomic E-state index is 0.258. The molecular weight excluding hydrogens is 386 g/mol. The average Bonchev–Trinajstić information content (AvgIpc) is 3.53. The summed E-state index contributed by atoms with van der Waals surface area (Å²) in [5.41, 5.74) is 4.56. The number of carbonyl (C=O) groups excluding carboxylic acids is 1. The number of benzene rings is 2. The quantitative estimate of drug-likeness (QED) is 0.513. The van der Waals surface area contributed by atoms with Gasteiger partial charge in [0.05, 0.1) is 17.9 Å². The molecule has 2 aromatic heterocycles. The van der Waals surface area contributed by atoms with Crippen LogP contribution in [0.15, 0.2) is 67.1 Å². The molecule has 5 rings (SSSR count). The molecule has 1 aliphatic heterocycles. The number of hydrogen-bond donors (Lipinski definition) is 1. The van der Waals surface area contributed by atoms with Crippen molar-refractivity contribution in [3.8, 4) is 11.1 Å². The fourth-order valence-corrected chi connectivity index (χ4v) is 4.73. The molecule has 158 valence electrons. The molecule has 1 amide bonds. The first-order chi connectivity index (χ1) is 15.2. The molecule has 1 N–H and O–H groups in total. The van der Waals surface area contributed by atoms with Crippen LogP contribution in [0.3, 0.4) is 0 Å². The average molecular weight is 414 g/mol. The van der Waals surface area contributed by atoms with E-state index in [1.54, 1.807) is 0 Å². The van der Waals surface area contributed by atoms with E-state index in [-0.39, 0.29) is 11.9 Å². The zero-order valence-electron chi connectivity index (χ0n) is 17.7. The Labute approximate surface area is 181 Å². The number of aryl methyl sites for hydroxylation is 1. The SMILES string of the molecule is C[C@@H]1C[C@@H](Cn2ncc3cc(-c4cn[nH]c4)ccc32)CN1C(=O)CCc1ccccc1. The zero-order chi connectivity index (χ0) is 21.2. The fraction of sp³-hybridized carbons (Fsp3) is 0.320. The van der Waals surface area contributed by atoms with E-state index in [4.69, 9.17) is 0 Å². The number of nitrogens with one attached hydrogen (secondary N) is 1. The van der Waals surface area contributed by atoms with E-state index >= 15 is 0 Å². The number of fused-ring (bicyclic) bond motifs is 1.